The van der Waals surface area contributed by atoms with Gasteiger partial charge in [-0.3, -0.25) is 0 Å². The van der Waals surface area contributed by atoms with E-state index in [0.717, 1.165) is 25.3 Å². The standard InChI is InChI=1S/C16H18ClF5N2O2S/c17-13-2-1-11(6-14(13)27(18,19,20,21)22)23-15(25)24-16-7-9-3-10(8-16)5-12(4-9)26-16/h1-2,6,9-10,12H,3-5,7-8H2,(H2,23,24,25). The quantitative estimate of drug-likeness (QED) is 0.541. The fourth-order valence-electron chi connectivity index (χ4n) is 4.74. The molecule has 5 rings (SSSR count). The molecule has 0 radical (unpaired) electrons. The van der Waals surface area contributed by atoms with Gasteiger partial charge in [-0.2, -0.15) is 0 Å². The zero-order valence-corrected chi connectivity index (χ0v) is 15.6. The van der Waals surface area contributed by atoms with Gasteiger partial charge in [0.2, 0.25) is 0 Å². The maximum Gasteiger partial charge on any atom is 0.321 e. The highest BCUT2D eigenvalue weighted by molar-refractivity contribution is 8.45. The fraction of sp³-hybridized carbons (Fsp3) is 0.562. The van der Waals surface area contributed by atoms with Crippen molar-refractivity contribution in [3.05, 3.63) is 23.2 Å². The molecular formula is C16H18ClF5N2O2S. The Hall–Kier alpha value is -1.26. The summed E-state index contributed by atoms with van der Waals surface area (Å²) in [6, 6.07) is 1.08. The van der Waals surface area contributed by atoms with Crippen LogP contribution in [0.1, 0.15) is 32.1 Å². The Morgan fingerprint density at radius 1 is 1.11 bits per heavy atom. The van der Waals surface area contributed by atoms with Crippen LogP contribution in [-0.2, 0) is 4.74 Å². The number of hydrogen-bond acceptors (Lipinski definition) is 2. The molecule has 4 aliphatic rings. The minimum atomic E-state index is -9.97. The average molecular weight is 433 g/mol. The van der Waals surface area contributed by atoms with E-state index in [4.69, 9.17) is 16.3 Å². The second-order valence-electron chi connectivity index (χ2n) is 7.77. The molecule has 2 unspecified atom stereocenters. The van der Waals surface area contributed by atoms with Crippen molar-refractivity contribution < 1.29 is 29.0 Å². The van der Waals surface area contributed by atoms with Gasteiger partial charge in [0.1, 0.15) is 10.6 Å². The Kier molecular flexibility index (Phi) is 3.68. The first-order valence-corrected chi connectivity index (χ1v) is 10.8. The van der Waals surface area contributed by atoms with E-state index in [1.165, 1.54) is 0 Å². The lowest BCUT2D eigenvalue weighted by Gasteiger charge is -2.56. The number of nitrogens with one attached hydrogen (secondary N) is 2. The lowest BCUT2D eigenvalue weighted by molar-refractivity contribution is -0.227. The first kappa shape index (κ1) is 19.1. The highest BCUT2D eigenvalue weighted by Crippen LogP contribution is 3.02. The Labute approximate surface area is 157 Å². The molecule has 4 nitrogen and oxygen atoms in total. The third-order valence-electron chi connectivity index (χ3n) is 5.43. The second-order valence-corrected chi connectivity index (χ2v) is 10.6. The van der Waals surface area contributed by atoms with E-state index >= 15 is 0 Å². The zero-order chi connectivity index (χ0) is 19.7. The van der Waals surface area contributed by atoms with Gasteiger partial charge < -0.3 is 15.4 Å². The summed E-state index contributed by atoms with van der Waals surface area (Å²) < 4.78 is 71.4. The molecule has 152 valence electrons. The van der Waals surface area contributed by atoms with Gasteiger partial charge in [0.25, 0.3) is 0 Å². The van der Waals surface area contributed by atoms with E-state index in [1.54, 1.807) is 0 Å². The number of urea groups is 1. The van der Waals surface area contributed by atoms with E-state index in [9.17, 15) is 24.2 Å². The number of anilines is 1. The predicted molar refractivity (Wildman–Crippen MR) is 92.7 cm³/mol. The van der Waals surface area contributed by atoms with Crippen molar-refractivity contribution in [1.29, 1.82) is 0 Å². The molecule has 2 saturated heterocycles. The minimum Gasteiger partial charge on any atom is -0.352 e. The van der Waals surface area contributed by atoms with Crippen LogP contribution < -0.4 is 10.6 Å². The molecule has 2 N–H and O–H groups in total. The number of hydrogen-bond donors (Lipinski definition) is 2. The minimum absolute atomic E-state index is 0.0757. The molecule has 1 aromatic carbocycles. The van der Waals surface area contributed by atoms with Gasteiger partial charge in [0, 0.05) is 5.69 Å². The van der Waals surface area contributed by atoms with E-state index in [0.29, 0.717) is 30.7 Å². The summed E-state index contributed by atoms with van der Waals surface area (Å²) in [7, 11) is -9.97. The number of carbonyl (C=O) groups is 1. The van der Waals surface area contributed by atoms with Crippen molar-refractivity contribution in [1.82, 2.24) is 5.32 Å². The van der Waals surface area contributed by atoms with Crippen LogP contribution in [0.25, 0.3) is 0 Å². The van der Waals surface area contributed by atoms with Gasteiger partial charge in [0.05, 0.1) is 11.1 Å². The molecule has 2 aliphatic heterocycles. The predicted octanol–water partition coefficient (Wildman–Crippen LogP) is 6.42. The smallest absolute Gasteiger partial charge is 0.321 e. The Morgan fingerprint density at radius 3 is 2.30 bits per heavy atom. The molecule has 27 heavy (non-hydrogen) atoms. The van der Waals surface area contributed by atoms with E-state index in [-0.39, 0.29) is 12.2 Å². The molecular weight excluding hydrogens is 415 g/mol. The van der Waals surface area contributed by atoms with Gasteiger partial charge in [-0.1, -0.05) is 31.0 Å². The van der Waals surface area contributed by atoms with Gasteiger partial charge >= 0.3 is 16.3 Å². The molecule has 4 bridgehead atoms. The van der Waals surface area contributed by atoms with Crippen molar-refractivity contribution in [2.45, 2.75) is 48.8 Å². The number of rotatable bonds is 3. The van der Waals surface area contributed by atoms with Crippen LogP contribution in [0.4, 0.5) is 29.9 Å². The Balaban J connectivity index is 1.51. The summed E-state index contributed by atoms with van der Waals surface area (Å²) in [5.74, 6) is 0.901. The Bertz CT molecular complexity index is 782. The molecule has 4 fully saturated rings. The fourth-order valence-corrected chi connectivity index (χ4v) is 6.08. The van der Waals surface area contributed by atoms with Crippen LogP contribution in [-0.4, -0.2) is 17.9 Å². The van der Waals surface area contributed by atoms with Crippen molar-refractivity contribution in [2.24, 2.45) is 11.8 Å². The molecule has 1 aromatic rings. The summed E-state index contributed by atoms with van der Waals surface area (Å²) in [6.45, 7) is 0. The third kappa shape index (κ3) is 3.84. The van der Waals surface area contributed by atoms with Crippen molar-refractivity contribution >= 4 is 33.5 Å². The van der Waals surface area contributed by atoms with E-state index in [1.807, 2.05) is 0 Å². The van der Waals surface area contributed by atoms with E-state index in [2.05, 4.69) is 10.6 Å². The van der Waals surface area contributed by atoms with Crippen LogP contribution in [0.2, 0.25) is 5.02 Å². The number of benzene rings is 1. The van der Waals surface area contributed by atoms with Gasteiger partial charge in [0.15, 0.2) is 0 Å². The molecule has 2 heterocycles. The van der Waals surface area contributed by atoms with Crippen LogP contribution >= 0.6 is 21.8 Å². The number of ether oxygens (including phenoxy) is 1. The average Bonchev–Trinajstić information content (AvgIpc) is 2.44. The highest BCUT2D eigenvalue weighted by atomic mass is 35.5. The summed E-state index contributed by atoms with van der Waals surface area (Å²) in [5.41, 5.74) is -1.27. The lowest BCUT2D eigenvalue weighted by Crippen LogP contribution is -2.63. The first-order chi connectivity index (χ1) is 12.2. The summed E-state index contributed by atoms with van der Waals surface area (Å²) >= 11 is 5.32. The first-order valence-electron chi connectivity index (χ1n) is 8.52. The van der Waals surface area contributed by atoms with Gasteiger partial charge in [-0.05, 0) is 62.1 Å². The maximum atomic E-state index is 13.1. The molecule has 2 atom stereocenters. The van der Waals surface area contributed by atoms with Crippen LogP contribution in [0.15, 0.2) is 23.1 Å². The number of amides is 2. The van der Waals surface area contributed by atoms with Crippen molar-refractivity contribution in [3.8, 4) is 0 Å². The SMILES string of the molecule is O=C(Nc1ccc(Cl)c(S(F)(F)(F)(F)F)c1)NC12CC3CC(CC(C3)O1)C2. The molecule has 0 aromatic heterocycles. The molecule has 2 aliphatic carbocycles. The van der Waals surface area contributed by atoms with E-state index < -0.39 is 37.6 Å². The third-order valence-corrected chi connectivity index (χ3v) is 7.04. The number of halogens is 6. The van der Waals surface area contributed by atoms with Crippen molar-refractivity contribution in [2.75, 3.05) is 5.32 Å². The lowest BCUT2D eigenvalue weighted by atomic mass is 9.65. The maximum absolute atomic E-state index is 13.1. The topological polar surface area (TPSA) is 50.4 Å². The molecule has 2 amide bonds. The van der Waals surface area contributed by atoms with Crippen molar-refractivity contribution in [3.63, 3.8) is 0 Å². The van der Waals surface area contributed by atoms with Gasteiger partial charge in [-0.15, -0.1) is 0 Å². The summed E-state index contributed by atoms with van der Waals surface area (Å²) in [4.78, 5) is 10.1. The zero-order valence-electron chi connectivity index (χ0n) is 14.0. The number of carbonyl (C=O) groups excluding carboxylic acids is 1. The molecule has 11 heteroatoms. The summed E-state index contributed by atoms with van der Waals surface area (Å²) in [6.07, 6.45) is 4.36. The van der Waals surface area contributed by atoms with Crippen LogP contribution in [0.3, 0.4) is 0 Å². The summed E-state index contributed by atoms with van der Waals surface area (Å²) in [5, 5.41) is 3.77. The molecule has 0 spiro atoms. The van der Waals surface area contributed by atoms with Gasteiger partial charge in [-0.25, -0.2) is 4.79 Å². The monoisotopic (exact) mass is 432 g/mol. The Morgan fingerprint density at radius 2 is 1.74 bits per heavy atom. The normalized spacial score (nSPS) is 34.7. The van der Waals surface area contributed by atoms with Crippen LogP contribution in [0, 0.1) is 11.8 Å². The molecule has 2 saturated carbocycles. The largest absolute Gasteiger partial charge is 0.352 e. The second kappa shape index (κ2) is 5.21. The van der Waals surface area contributed by atoms with Crippen LogP contribution in [0.5, 0.6) is 0 Å². The highest BCUT2D eigenvalue weighted by Gasteiger charge is 2.66.